The Morgan fingerprint density at radius 1 is 0.455 bits per heavy atom. The number of hydrogen-bond donors (Lipinski definition) is 0. The molecule has 0 atom stereocenters. The number of amides is 2. The predicted molar refractivity (Wildman–Crippen MR) is 177 cm³/mol. The standard InChI is InChI=1S/C38H34N4O2/c43-37-33(27-29-17-7-3-8-18-29)39-35(31-21-11-5-12-22-31)41(37)25-15-1-2-16-26-42-36(32-23-13-6-14-24-32)40-34(38(42)44)28-30-19-9-4-10-20-30/h3-14,17-24,27-28H,1-2,15-16,25-26H2. The first-order chi connectivity index (χ1) is 21.7. The predicted octanol–water partition coefficient (Wildman–Crippen LogP) is 7.21. The smallest absolute Gasteiger partial charge is 0.278 e. The summed E-state index contributed by atoms with van der Waals surface area (Å²) in [5.74, 6) is 1.25. The van der Waals surface area contributed by atoms with E-state index in [1.807, 2.05) is 133 Å². The average molecular weight is 579 g/mol. The Morgan fingerprint density at radius 3 is 1.16 bits per heavy atom. The van der Waals surface area contributed by atoms with Crippen molar-refractivity contribution in [2.24, 2.45) is 9.98 Å². The fourth-order valence-corrected chi connectivity index (χ4v) is 5.44. The van der Waals surface area contributed by atoms with Gasteiger partial charge in [0.25, 0.3) is 11.8 Å². The van der Waals surface area contributed by atoms with Gasteiger partial charge in [-0.15, -0.1) is 0 Å². The van der Waals surface area contributed by atoms with E-state index < -0.39 is 0 Å². The molecule has 2 aliphatic heterocycles. The molecular weight excluding hydrogens is 544 g/mol. The van der Waals surface area contributed by atoms with Crippen molar-refractivity contribution in [2.45, 2.75) is 25.7 Å². The molecule has 0 aromatic heterocycles. The first-order valence-corrected chi connectivity index (χ1v) is 15.1. The zero-order valence-corrected chi connectivity index (χ0v) is 24.5. The summed E-state index contributed by atoms with van der Waals surface area (Å²) in [5, 5.41) is 0. The lowest BCUT2D eigenvalue weighted by Gasteiger charge is -2.19. The maximum atomic E-state index is 13.4. The van der Waals surface area contributed by atoms with Crippen LogP contribution in [0.25, 0.3) is 12.2 Å². The fraction of sp³-hybridized carbons (Fsp3) is 0.158. The molecule has 2 heterocycles. The molecule has 0 radical (unpaired) electrons. The molecule has 0 saturated carbocycles. The zero-order chi connectivity index (χ0) is 30.1. The minimum Gasteiger partial charge on any atom is -0.291 e. The molecule has 6 rings (SSSR count). The maximum Gasteiger partial charge on any atom is 0.278 e. The first-order valence-electron chi connectivity index (χ1n) is 15.1. The van der Waals surface area contributed by atoms with E-state index in [1.54, 1.807) is 9.80 Å². The Hall–Kier alpha value is -5.36. The summed E-state index contributed by atoms with van der Waals surface area (Å²) in [6.07, 6.45) is 7.23. The molecule has 0 saturated heterocycles. The van der Waals surface area contributed by atoms with Crippen molar-refractivity contribution < 1.29 is 9.59 Å². The zero-order valence-electron chi connectivity index (χ0n) is 24.5. The normalized spacial score (nSPS) is 16.6. The van der Waals surface area contributed by atoms with Crippen LogP contribution in [-0.2, 0) is 9.59 Å². The van der Waals surface area contributed by atoms with E-state index in [4.69, 9.17) is 9.98 Å². The van der Waals surface area contributed by atoms with Crippen molar-refractivity contribution in [3.05, 3.63) is 155 Å². The number of nitrogens with zero attached hydrogens (tertiary/aromatic N) is 4. The monoisotopic (exact) mass is 578 g/mol. The molecule has 0 N–H and O–H groups in total. The van der Waals surface area contributed by atoms with Crippen molar-refractivity contribution in [3.8, 4) is 0 Å². The molecule has 0 fully saturated rings. The Morgan fingerprint density at radius 2 is 0.795 bits per heavy atom. The van der Waals surface area contributed by atoms with Gasteiger partial charge in [-0.2, -0.15) is 0 Å². The van der Waals surface area contributed by atoms with Gasteiger partial charge in [-0.3, -0.25) is 19.4 Å². The third kappa shape index (κ3) is 6.65. The van der Waals surface area contributed by atoms with E-state index in [9.17, 15) is 9.59 Å². The van der Waals surface area contributed by atoms with Gasteiger partial charge in [0.1, 0.15) is 23.1 Å². The lowest BCUT2D eigenvalue weighted by Crippen LogP contribution is -2.34. The van der Waals surface area contributed by atoms with Crippen molar-refractivity contribution in [3.63, 3.8) is 0 Å². The summed E-state index contributed by atoms with van der Waals surface area (Å²) in [4.78, 5) is 40.0. The Labute approximate surface area is 258 Å². The van der Waals surface area contributed by atoms with Gasteiger partial charge in [-0.25, -0.2) is 9.98 Å². The van der Waals surface area contributed by atoms with Gasteiger partial charge >= 0.3 is 0 Å². The van der Waals surface area contributed by atoms with E-state index in [0.717, 1.165) is 47.9 Å². The Bertz CT molecular complexity index is 1600. The maximum absolute atomic E-state index is 13.4. The van der Waals surface area contributed by atoms with Crippen LogP contribution in [-0.4, -0.2) is 46.4 Å². The quantitative estimate of drug-likeness (QED) is 0.139. The lowest BCUT2D eigenvalue weighted by molar-refractivity contribution is -0.123. The van der Waals surface area contributed by atoms with Gasteiger partial charge in [0.2, 0.25) is 0 Å². The molecule has 0 bridgehead atoms. The first kappa shape index (κ1) is 28.7. The largest absolute Gasteiger partial charge is 0.291 e. The SMILES string of the molecule is O=C1C(=Cc2ccccc2)N=C(c2ccccc2)N1CCCCCCN1C(=O)C(=Cc2ccccc2)N=C1c1ccccc1. The van der Waals surface area contributed by atoms with Crippen LogP contribution in [0.5, 0.6) is 0 Å². The Balaban J connectivity index is 1.08. The molecule has 6 nitrogen and oxygen atoms in total. The summed E-state index contributed by atoms with van der Waals surface area (Å²) >= 11 is 0. The van der Waals surface area contributed by atoms with Gasteiger partial charge in [0, 0.05) is 24.2 Å². The van der Waals surface area contributed by atoms with Crippen molar-refractivity contribution in [2.75, 3.05) is 13.1 Å². The van der Waals surface area contributed by atoms with Crippen molar-refractivity contribution >= 4 is 35.6 Å². The molecule has 6 heteroatoms. The highest BCUT2D eigenvalue weighted by Crippen LogP contribution is 2.25. The van der Waals surface area contributed by atoms with Gasteiger partial charge in [0.15, 0.2) is 0 Å². The molecule has 2 amide bonds. The number of amidine groups is 2. The summed E-state index contributed by atoms with van der Waals surface area (Å²) in [6.45, 7) is 1.17. The highest BCUT2D eigenvalue weighted by atomic mass is 16.2. The number of carbonyl (C=O) groups excluding carboxylic acids is 2. The summed E-state index contributed by atoms with van der Waals surface area (Å²) in [6, 6.07) is 39.4. The third-order valence-corrected chi connectivity index (χ3v) is 7.68. The summed E-state index contributed by atoms with van der Waals surface area (Å²) < 4.78 is 0. The Kier molecular flexibility index (Phi) is 8.98. The van der Waals surface area contributed by atoms with E-state index in [2.05, 4.69) is 0 Å². The fourth-order valence-electron chi connectivity index (χ4n) is 5.44. The molecule has 4 aromatic carbocycles. The number of benzene rings is 4. The number of carbonyl (C=O) groups is 2. The molecule has 0 spiro atoms. The topological polar surface area (TPSA) is 65.3 Å². The second-order valence-electron chi connectivity index (χ2n) is 10.8. The van der Waals surface area contributed by atoms with Crippen LogP contribution in [0.1, 0.15) is 47.9 Å². The number of hydrogen-bond acceptors (Lipinski definition) is 4. The van der Waals surface area contributed by atoms with Gasteiger partial charge in [-0.1, -0.05) is 134 Å². The van der Waals surface area contributed by atoms with Crippen LogP contribution in [0.3, 0.4) is 0 Å². The van der Waals surface area contributed by atoms with Crippen LogP contribution < -0.4 is 0 Å². The third-order valence-electron chi connectivity index (χ3n) is 7.68. The van der Waals surface area contributed by atoms with Crippen LogP contribution in [0.4, 0.5) is 0 Å². The van der Waals surface area contributed by atoms with Crippen LogP contribution in [0, 0.1) is 0 Å². The van der Waals surface area contributed by atoms with Crippen LogP contribution in [0.2, 0.25) is 0 Å². The highest BCUT2D eigenvalue weighted by Gasteiger charge is 2.32. The van der Waals surface area contributed by atoms with Crippen LogP contribution in [0.15, 0.2) is 143 Å². The minimum absolute atomic E-state index is 0.0724. The lowest BCUT2D eigenvalue weighted by atomic mass is 10.1. The number of unbranched alkanes of at least 4 members (excludes halogenated alkanes) is 3. The average Bonchev–Trinajstić information content (AvgIpc) is 3.55. The summed E-state index contributed by atoms with van der Waals surface area (Å²) in [5.41, 5.74) is 4.66. The molecule has 0 aliphatic carbocycles. The summed E-state index contributed by atoms with van der Waals surface area (Å²) in [7, 11) is 0. The van der Waals surface area contributed by atoms with E-state index in [-0.39, 0.29) is 11.8 Å². The van der Waals surface area contributed by atoms with Crippen LogP contribution >= 0.6 is 0 Å². The number of rotatable bonds is 11. The second kappa shape index (κ2) is 13.7. The van der Waals surface area contributed by atoms with Gasteiger partial charge in [-0.05, 0) is 36.1 Å². The van der Waals surface area contributed by atoms with E-state index in [0.29, 0.717) is 36.2 Å². The number of aliphatic imine (C=N–C) groups is 2. The molecule has 0 unspecified atom stereocenters. The van der Waals surface area contributed by atoms with E-state index >= 15 is 0 Å². The van der Waals surface area contributed by atoms with Crippen molar-refractivity contribution in [1.82, 2.24) is 9.80 Å². The molecule has 44 heavy (non-hydrogen) atoms. The molecule has 218 valence electrons. The molecule has 4 aromatic rings. The van der Waals surface area contributed by atoms with Crippen molar-refractivity contribution in [1.29, 1.82) is 0 Å². The van der Waals surface area contributed by atoms with E-state index in [1.165, 1.54) is 0 Å². The minimum atomic E-state index is -0.0724. The highest BCUT2D eigenvalue weighted by molar-refractivity contribution is 6.20. The molecule has 2 aliphatic rings. The molecular formula is C38H34N4O2. The van der Waals surface area contributed by atoms with Gasteiger partial charge in [0.05, 0.1) is 0 Å². The second-order valence-corrected chi connectivity index (χ2v) is 10.8. The van der Waals surface area contributed by atoms with Gasteiger partial charge < -0.3 is 0 Å².